The highest BCUT2D eigenvalue weighted by molar-refractivity contribution is 9.10. The third-order valence-corrected chi connectivity index (χ3v) is 3.89. The number of amides is 1. The number of aromatic nitrogens is 2. The summed E-state index contributed by atoms with van der Waals surface area (Å²) in [4.78, 5) is 23.6. The Kier molecular flexibility index (Phi) is 5.17. The molecule has 110 valence electrons. The Balaban J connectivity index is 1.96. The van der Waals surface area contributed by atoms with E-state index < -0.39 is 0 Å². The van der Waals surface area contributed by atoms with Gasteiger partial charge in [-0.15, -0.1) is 0 Å². The lowest BCUT2D eigenvalue weighted by Gasteiger charge is -2.10. The summed E-state index contributed by atoms with van der Waals surface area (Å²) in [6, 6.07) is 0. The van der Waals surface area contributed by atoms with Crippen LogP contribution in [-0.2, 0) is 11.3 Å². The van der Waals surface area contributed by atoms with Gasteiger partial charge in [0, 0.05) is 13.1 Å². The van der Waals surface area contributed by atoms with Crippen LogP contribution in [0.1, 0.15) is 26.2 Å². The van der Waals surface area contributed by atoms with E-state index in [0.29, 0.717) is 29.2 Å². The zero-order valence-corrected chi connectivity index (χ0v) is 13.1. The first kappa shape index (κ1) is 15.0. The highest BCUT2D eigenvalue weighted by atomic mass is 79.9. The second-order valence-electron chi connectivity index (χ2n) is 5.01. The highest BCUT2D eigenvalue weighted by Gasteiger charge is 2.23. The topological polar surface area (TPSA) is 76.0 Å². The number of anilines is 1. The molecule has 0 saturated heterocycles. The fourth-order valence-electron chi connectivity index (χ4n) is 1.77. The smallest absolute Gasteiger partial charge is 0.283 e. The number of hydrogen-bond donors (Lipinski definition) is 2. The summed E-state index contributed by atoms with van der Waals surface area (Å²) in [5, 5.41) is 9.83. The Morgan fingerprint density at radius 3 is 2.95 bits per heavy atom. The van der Waals surface area contributed by atoms with Crippen molar-refractivity contribution < 1.29 is 4.79 Å². The predicted molar refractivity (Wildman–Crippen MR) is 80.7 cm³/mol. The molecule has 0 unspecified atom stereocenters. The number of nitrogens with zero attached hydrogens (tertiary/aromatic N) is 2. The van der Waals surface area contributed by atoms with Gasteiger partial charge >= 0.3 is 0 Å². The molecule has 0 radical (unpaired) electrons. The number of carbonyl (C=O) groups excluding carboxylic acids is 1. The normalized spacial score (nSPS) is 14.1. The Labute approximate surface area is 126 Å². The fraction of sp³-hybridized carbons (Fsp3) is 0.615. The molecule has 0 atom stereocenters. The molecule has 1 amide bonds. The molecule has 7 heteroatoms. The SMILES string of the molecule is CCCNC(=O)CNc1cnn(CC2CC2)c(=O)c1Br. The summed E-state index contributed by atoms with van der Waals surface area (Å²) in [7, 11) is 0. The largest absolute Gasteiger partial charge is 0.374 e. The number of carbonyl (C=O) groups is 1. The first-order chi connectivity index (χ1) is 9.61. The molecule has 0 aromatic carbocycles. The molecule has 1 aromatic heterocycles. The summed E-state index contributed by atoms with van der Waals surface area (Å²) in [5.74, 6) is 0.492. The van der Waals surface area contributed by atoms with Crippen LogP contribution in [0.5, 0.6) is 0 Å². The van der Waals surface area contributed by atoms with Crippen LogP contribution in [0.2, 0.25) is 0 Å². The molecule has 1 fully saturated rings. The van der Waals surface area contributed by atoms with Gasteiger partial charge < -0.3 is 10.6 Å². The van der Waals surface area contributed by atoms with Gasteiger partial charge in [0.05, 0.1) is 18.4 Å². The van der Waals surface area contributed by atoms with Gasteiger partial charge in [0.2, 0.25) is 5.91 Å². The maximum atomic E-state index is 12.1. The number of hydrogen-bond acceptors (Lipinski definition) is 4. The molecule has 1 saturated carbocycles. The molecule has 1 heterocycles. The van der Waals surface area contributed by atoms with Crippen molar-refractivity contribution in [2.75, 3.05) is 18.4 Å². The minimum Gasteiger partial charge on any atom is -0.374 e. The summed E-state index contributed by atoms with van der Waals surface area (Å²) in [6.07, 6.45) is 4.82. The highest BCUT2D eigenvalue weighted by Crippen LogP contribution is 2.30. The van der Waals surface area contributed by atoms with Crippen LogP contribution >= 0.6 is 15.9 Å². The fourth-order valence-corrected chi connectivity index (χ4v) is 2.21. The van der Waals surface area contributed by atoms with E-state index in [1.54, 1.807) is 6.20 Å². The van der Waals surface area contributed by atoms with E-state index in [4.69, 9.17) is 0 Å². The van der Waals surface area contributed by atoms with Crippen LogP contribution < -0.4 is 16.2 Å². The third kappa shape index (κ3) is 4.06. The molecule has 0 bridgehead atoms. The lowest BCUT2D eigenvalue weighted by molar-refractivity contribution is -0.119. The van der Waals surface area contributed by atoms with Gasteiger partial charge in [0.25, 0.3) is 5.56 Å². The molecular weight excluding hydrogens is 324 g/mol. The summed E-state index contributed by atoms with van der Waals surface area (Å²) in [5.41, 5.74) is 0.393. The standard InChI is InChI=1S/C13H19BrN4O2/c1-2-5-15-11(19)7-16-10-6-17-18(8-9-3-4-9)13(20)12(10)14/h6,9,16H,2-5,7-8H2,1H3,(H,15,19). The molecule has 1 aliphatic carbocycles. The van der Waals surface area contributed by atoms with E-state index in [2.05, 4.69) is 31.7 Å². The Bertz CT molecular complexity index is 540. The monoisotopic (exact) mass is 342 g/mol. The zero-order chi connectivity index (χ0) is 14.5. The van der Waals surface area contributed by atoms with Crippen LogP contribution in [0.4, 0.5) is 5.69 Å². The molecule has 1 aromatic rings. The first-order valence-electron chi connectivity index (χ1n) is 6.88. The van der Waals surface area contributed by atoms with Crippen molar-refractivity contribution in [3.05, 3.63) is 21.0 Å². The van der Waals surface area contributed by atoms with Gasteiger partial charge in [0.1, 0.15) is 4.47 Å². The van der Waals surface area contributed by atoms with E-state index in [1.165, 1.54) is 17.5 Å². The first-order valence-corrected chi connectivity index (χ1v) is 7.67. The van der Waals surface area contributed by atoms with Gasteiger partial charge in [-0.2, -0.15) is 5.10 Å². The lowest BCUT2D eigenvalue weighted by Crippen LogP contribution is -2.31. The second-order valence-corrected chi connectivity index (χ2v) is 5.80. The van der Waals surface area contributed by atoms with Gasteiger partial charge in [-0.05, 0) is 41.1 Å². The average molecular weight is 343 g/mol. The molecule has 20 heavy (non-hydrogen) atoms. The molecule has 1 aliphatic rings. The van der Waals surface area contributed by atoms with Crippen LogP contribution in [0, 0.1) is 5.92 Å². The number of nitrogens with one attached hydrogen (secondary N) is 2. The van der Waals surface area contributed by atoms with Crippen molar-refractivity contribution in [3.8, 4) is 0 Å². The molecular formula is C13H19BrN4O2. The van der Waals surface area contributed by atoms with E-state index >= 15 is 0 Å². The van der Waals surface area contributed by atoms with E-state index in [1.807, 2.05) is 6.92 Å². The maximum Gasteiger partial charge on any atom is 0.283 e. The van der Waals surface area contributed by atoms with Gasteiger partial charge in [0.15, 0.2) is 0 Å². The van der Waals surface area contributed by atoms with Crippen LogP contribution in [0.3, 0.4) is 0 Å². The van der Waals surface area contributed by atoms with E-state index in [0.717, 1.165) is 6.42 Å². The molecule has 0 aliphatic heterocycles. The molecule has 2 rings (SSSR count). The summed E-state index contributed by atoms with van der Waals surface area (Å²) < 4.78 is 1.90. The minimum absolute atomic E-state index is 0.0964. The zero-order valence-electron chi connectivity index (χ0n) is 11.5. The third-order valence-electron chi connectivity index (χ3n) is 3.12. The lowest BCUT2D eigenvalue weighted by atomic mass is 10.4. The number of rotatable bonds is 7. The van der Waals surface area contributed by atoms with E-state index in [9.17, 15) is 9.59 Å². The van der Waals surface area contributed by atoms with Gasteiger partial charge in [-0.3, -0.25) is 9.59 Å². The quantitative estimate of drug-likeness (QED) is 0.784. The molecule has 0 spiro atoms. The molecule has 2 N–H and O–H groups in total. The Hall–Kier alpha value is -1.37. The van der Waals surface area contributed by atoms with E-state index in [-0.39, 0.29) is 18.0 Å². The van der Waals surface area contributed by atoms with Crippen LogP contribution in [-0.4, -0.2) is 28.8 Å². The molecule has 6 nitrogen and oxygen atoms in total. The van der Waals surface area contributed by atoms with Gasteiger partial charge in [-0.1, -0.05) is 6.92 Å². The van der Waals surface area contributed by atoms with Crippen molar-refractivity contribution >= 4 is 27.5 Å². The summed E-state index contributed by atoms with van der Waals surface area (Å²) in [6.45, 7) is 3.46. The average Bonchev–Trinajstić information content (AvgIpc) is 3.25. The van der Waals surface area contributed by atoms with Crippen molar-refractivity contribution in [2.45, 2.75) is 32.7 Å². The van der Waals surface area contributed by atoms with Crippen LogP contribution in [0.15, 0.2) is 15.5 Å². The minimum atomic E-state index is -0.157. The Morgan fingerprint density at radius 2 is 2.30 bits per heavy atom. The van der Waals surface area contributed by atoms with Crippen molar-refractivity contribution in [2.24, 2.45) is 5.92 Å². The van der Waals surface area contributed by atoms with Crippen LogP contribution in [0.25, 0.3) is 0 Å². The maximum absolute atomic E-state index is 12.1. The number of halogens is 1. The Morgan fingerprint density at radius 1 is 1.55 bits per heavy atom. The van der Waals surface area contributed by atoms with Gasteiger partial charge in [-0.25, -0.2) is 4.68 Å². The predicted octanol–water partition coefficient (Wildman–Crippen LogP) is 1.35. The second kappa shape index (κ2) is 6.88. The van der Waals surface area contributed by atoms with Crippen molar-refractivity contribution in [3.63, 3.8) is 0 Å². The van der Waals surface area contributed by atoms with Crippen molar-refractivity contribution in [1.82, 2.24) is 15.1 Å². The van der Waals surface area contributed by atoms with Crippen molar-refractivity contribution in [1.29, 1.82) is 0 Å². The summed E-state index contributed by atoms with van der Waals surface area (Å²) >= 11 is 3.28.